The van der Waals surface area contributed by atoms with Gasteiger partial charge in [-0.25, -0.2) is 4.79 Å². The van der Waals surface area contributed by atoms with E-state index >= 15 is 0 Å². The fourth-order valence-electron chi connectivity index (χ4n) is 0.603. The number of rotatable bonds is 5. The van der Waals surface area contributed by atoms with Crippen LogP contribution in [0.5, 0.6) is 0 Å². The van der Waals surface area contributed by atoms with Crippen molar-refractivity contribution in [1.29, 1.82) is 0 Å². The van der Waals surface area contributed by atoms with Gasteiger partial charge in [-0.15, -0.1) is 0 Å². The fraction of sp³-hybridized carbons (Fsp3) is 0.500. The number of carbonyl (C=O) groups excluding carboxylic acids is 2. The van der Waals surface area contributed by atoms with Crippen molar-refractivity contribution in [2.24, 2.45) is 0 Å². The topological polar surface area (TPSA) is 67.4 Å². The molecule has 6 heteroatoms. The quantitative estimate of drug-likeness (QED) is 0.667. The fourth-order valence-corrected chi connectivity index (χ4v) is 0.670. The molecule has 0 aromatic heterocycles. The maximum Gasteiger partial charge on any atom is 0.325 e. The summed E-state index contributed by atoms with van der Waals surface area (Å²) in [6, 6.07) is -0.486. The Balaban J connectivity index is 3.53. The van der Waals surface area contributed by atoms with E-state index in [4.69, 9.17) is 11.6 Å². The highest BCUT2D eigenvalue weighted by atomic mass is 35.5. The van der Waals surface area contributed by atoms with Gasteiger partial charge in [0.2, 0.25) is 0 Å². The van der Waals surface area contributed by atoms with E-state index in [2.05, 4.69) is 21.9 Å². The summed E-state index contributed by atoms with van der Waals surface area (Å²) in [7, 11) is 0. The summed E-state index contributed by atoms with van der Waals surface area (Å²) in [5.74, 6) is -0.479. The van der Waals surface area contributed by atoms with Crippen LogP contribution in [-0.2, 0) is 9.53 Å². The maximum absolute atomic E-state index is 10.9. The van der Waals surface area contributed by atoms with Crippen LogP contribution < -0.4 is 10.6 Å². The van der Waals surface area contributed by atoms with E-state index in [1.165, 1.54) is 0 Å². The third-order valence-electron chi connectivity index (χ3n) is 1.14. The first-order chi connectivity index (χ1) is 6.56. The van der Waals surface area contributed by atoms with Crippen LogP contribution in [0.25, 0.3) is 0 Å². The van der Waals surface area contributed by atoms with Crippen LogP contribution >= 0.6 is 11.6 Å². The van der Waals surface area contributed by atoms with Gasteiger partial charge >= 0.3 is 12.0 Å². The Morgan fingerprint density at radius 1 is 1.36 bits per heavy atom. The summed E-state index contributed by atoms with van der Waals surface area (Å²) in [6.45, 7) is 5.37. The molecule has 14 heavy (non-hydrogen) atoms. The Bertz CT molecular complexity index is 231. The molecule has 0 spiro atoms. The molecule has 2 amide bonds. The van der Waals surface area contributed by atoms with Crippen LogP contribution in [0, 0.1) is 0 Å². The predicted octanol–water partition coefficient (Wildman–Crippen LogP) is 0.601. The summed E-state index contributed by atoms with van der Waals surface area (Å²) < 4.78 is 4.59. The first-order valence-corrected chi connectivity index (χ1v) is 4.44. The predicted molar refractivity (Wildman–Crippen MR) is 53.0 cm³/mol. The Morgan fingerprint density at radius 3 is 2.43 bits per heavy atom. The van der Waals surface area contributed by atoms with Gasteiger partial charge in [-0.1, -0.05) is 18.2 Å². The second-order valence-electron chi connectivity index (χ2n) is 2.36. The summed E-state index contributed by atoms with van der Waals surface area (Å²) in [5.41, 5.74) is 0. The molecule has 0 aliphatic carbocycles. The van der Waals surface area contributed by atoms with Crippen LogP contribution in [0.3, 0.4) is 0 Å². The van der Waals surface area contributed by atoms with Crippen molar-refractivity contribution in [2.75, 3.05) is 19.7 Å². The van der Waals surface area contributed by atoms with Gasteiger partial charge in [0.25, 0.3) is 0 Å². The molecule has 0 aromatic carbocycles. The van der Waals surface area contributed by atoms with E-state index in [9.17, 15) is 9.59 Å². The molecule has 0 saturated heterocycles. The van der Waals surface area contributed by atoms with E-state index in [0.29, 0.717) is 11.6 Å². The number of amides is 2. The van der Waals surface area contributed by atoms with Gasteiger partial charge in [0.15, 0.2) is 0 Å². The lowest BCUT2D eigenvalue weighted by molar-refractivity contribution is -0.141. The minimum Gasteiger partial charge on any atom is -0.465 e. The number of urea groups is 1. The van der Waals surface area contributed by atoms with Crippen LogP contribution in [0.1, 0.15) is 6.92 Å². The zero-order valence-corrected chi connectivity index (χ0v) is 8.69. The SMILES string of the molecule is C=C(Cl)CNC(=O)NCC(=O)OCC. The van der Waals surface area contributed by atoms with Crippen LogP contribution in [0.4, 0.5) is 4.79 Å². The number of hydrogen-bond acceptors (Lipinski definition) is 3. The minimum atomic E-state index is -0.486. The van der Waals surface area contributed by atoms with Gasteiger partial charge in [0, 0.05) is 5.03 Å². The van der Waals surface area contributed by atoms with Gasteiger partial charge in [-0.2, -0.15) is 0 Å². The van der Waals surface area contributed by atoms with E-state index in [1.54, 1.807) is 6.92 Å². The summed E-state index contributed by atoms with van der Waals surface area (Å²) in [5, 5.41) is 5.00. The Hall–Kier alpha value is -1.23. The molecule has 0 atom stereocenters. The Morgan fingerprint density at radius 2 is 1.93 bits per heavy atom. The first kappa shape index (κ1) is 12.8. The molecule has 0 unspecified atom stereocenters. The molecular weight excluding hydrogens is 208 g/mol. The molecule has 80 valence electrons. The van der Waals surface area contributed by atoms with Crippen molar-refractivity contribution < 1.29 is 14.3 Å². The molecule has 0 fully saturated rings. The molecule has 0 aliphatic heterocycles. The molecule has 0 bridgehead atoms. The number of hydrogen-bond donors (Lipinski definition) is 2. The van der Waals surface area contributed by atoms with Gasteiger partial charge < -0.3 is 15.4 Å². The standard InChI is InChI=1S/C8H13ClN2O3/c1-3-14-7(12)5-11-8(13)10-4-6(2)9/h2-5H2,1H3,(H2,10,11,13). The largest absolute Gasteiger partial charge is 0.465 e. The monoisotopic (exact) mass is 220 g/mol. The smallest absolute Gasteiger partial charge is 0.325 e. The molecular formula is C8H13ClN2O3. The van der Waals surface area contributed by atoms with E-state index in [0.717, 1.165) is 0 Å². The molecule has 0 aliphatic rings. The molecule has 0 heterocycles. The molecule has 5 nitrogen and oxygen atoms in total. The van der Waals surface area contributed by atoms with Crippen LogP contribution in [-0.4, -0.2) is 31.7 Å². The molecule has 0 saturated carbocycles. The molecule has 0 radical (unpaired) electrons. The van der Waals surface area contributed by atoms with Crippen molar-refractivity contribution >= 4 is 23.6 Å². The lowest BCUT2D eigenvalue weighted by Gasteiger charge is -2.05. The van der Waals surface area contributed by atoms with E-state index in [-0.39, 0.29) is 13.1 Å². The van der Waals surface area contributed by atoms with Gasteiger partial charge in [-0.3, -0.25) is 4.79 Å². The number of nitrogens with one attached hydrogen (secondary N) is 2. The zero-order valence-electron chi connectivity index (χ0n) is 7.93. The lowest BCUT2D eigenvalue weighted by Crippen LogP contribution is -2.39. The second kappa shape index (κ2) is 7.20. The Kier molecular flexibility index (Phi) is 6.57. The van der Waals surface area contributed by atoms with E-state index in [1.807, 2.05) is 0 Å². The van der Waals surface area contributed by atoms with Crippen molar-refractivity contribution in [3.63, 3.8) is 0 Å². The van der Waals surface area contributed by atoms with Crippen LogP contribution in [0.15, 0.2) is 11.6 Å². The second-order valence-corrected chi connectivity index (χ2v) is 2.89. The zero-order chi connectivity index (χ0) is 11.0. The minimum absolute atomic E-state index is 0.158. The summed E-state index contributed by atoms with van der Waals surface area (Å²) >= 11 is 5.41. The number of halogens is 1. The number of ether oxygens (including phenoxy) is 1. The Labute approximate surface area is 87.4 Å². The molecule has 2 N–H and O–H groups in total. The van der Waals surface area contributed by atoms with Gasteiger partial charge in [-0.05, 0) is 6.92 Å². The normalized spacial score (nSPS) is 9.00. The molecule has 0 rings (SSSR count). The maximum atomic E-state index is 10.9. The third-order valence-corrected chi connectivity index (χ3v) is 1.27. The highest BCUT2D eigenvalue weighted by Crippen LogP contribution is 1.91. The van der Waals surface area contributed by atoms with Gasteiger partial charge in [0.1, 0.15) is 6.54 Å². The summed E-state index contributed by atoms with van der Waals surface area (Å²) in [6.07, 6.45) is 0. The van der Waals surface area contributed by atoms with Crippen molar-refractivity contribution in [3.05, 3.63) is 11.6 Å². The van der Waals surface area contributed by atoms with Crippen molar-refractivity contribution in [1.82, 2.24) is 10.6 Å². The van der Waals surface area contributed by atoms with E-state index < -0.39 is 12.0 Å². The summed E-state index contributed by atoms with van der Waals surface area (Å²) in [4.78, 5) is 21.7. The average molecular weight is 221 g/mol. The van der Waals surface area contributed by atoms with Gasteiger partial charge in [0.05, 0.1) is 13.2 Å². The van der Waals surface area contributed by atoms with Crippen LogP contribution in [0.2, 0.25) is 0 Å². The van der Waals surface area contributed by atoms with Crippen molar-refractivity contribution in [3.8, 4) is 0 Å². The van der Waals surface area contributed by atoms with Crippen molar-refractivity contribution in [2.45, 2.75) is 6.92 Å². The molecule has 0 aromatic rings. The first-order valence-electron chi connectivity index (χ1n) is 4.06. The highest BCUT2D eigenvalue weighted by Gasteiger charge is 2.04. The highest BCUT2D eigenvalue weighted by molar-refractivity contribution is 6.29. The average Bonchev–Trinajstić information content (AvgIpc) is 2.12. The number of esters is 1. The lowest BCUT2D eigenvalue weighted by atomic mass is 10.6. The third kappa shape index (κ3) is 7.42. The number of carbonyl (C=O) groups is 2.